The molecule has 168 valence electrons. The first-order valence-electron chi connectivity index (χ1n) is 11.6. The number of aromatic nitrogens is 4. The summed E-state index contributed by atoms with van der Waals surface area (Å²) in [5.74, 6) is 0. The van der Waals surface area contributed by atoms with Gasteiger partial charge in [0.25, 0.3) is 0 Å². The summed E-state index contributed by atoms with van der Waals surface area (Å²) < 4.78 is 1.88. The van der Waals surface area contributed by atoms with Crippen LogP contribution in [0.5, 0.6) is 0 Å². The summed E-state index contributed by atoms with van der Waals surface area (Å²) in [5.41, 5.74) is 7.41. The zero-order valence-electron chi connectivity index (χ0n) is 19.8. The summed E-state index contributed by atoms with van der Waals surface area (Å²) >= 11 is 0. The van der Waals surface area contributed by atoms with Gasteiger partial charge in [0.05, 0.1) is 34.2 Å². The Morgan fingerprint density at radius 1 is 0.800 bits per heavy atom. The summed E-state index contributed by atoms with van der Waals surface area (Å²) in [6.07, 6.45) is 3.81. The molecule has 6 rings (SSSR count). The van der Waals surface area contributed by atoms with Crippen molar-refractivity contribution >= 4 is 32.7 Å². The third-order valence-electron chi connectivity index (χ3n) is 6.77. The number of benzene rings is 3. The lowest BCUT2D eigenvalue weighted by Crippen LogP contribution is -2.13. The fourth-order valence-corrected chi connectivity index (χ4v) is 4.65. The lowest BCUT2D eigenvalue weighted by Gasteiger charge is -2.15. The highest BCUT2D eigenvalue weighted by Crippen LogP contribution is 2.36. The van der Waals surface area contributed by atoms with Crippen molar-refractivity contribution in [2.24, 2.45) is 7.05 Å². The molecule has 0 unspecified atom stereocenters. The number of para-hydroxylation sites is 1. The van der Waals surface area contributed by atoms with Crippen molar-refractivity contribution in [3.05, 3.63) is 90.8 Å². The third-order valence-corrected chi connectivity index (χ3v) is 6.77. The average molecular weight is 454 g/mol. The van der Waals surface area contributed by atoms with Crippen molar-refractivity contribution in [2.45, 2.75) is 19.3 Å². The summed E-state index contributed by atoms with van der Waals surface area (Å²) in [4.78, 5) is 9.36. The summed E-state index contributed by atoms with van der Waals surface area (Å²) in [6, 6.07) is 27.2. The highest BCUT2D eigenvalue weighted by atomic mass is 15.3. The van der Waals surface area contributed by atoms with Gasteiger partial charge in [-0.3, -0.25) is 14.6 Å². The molecule has 0 aliphatic rings. The van der Waals surface area contributed by atoms with Crippen molar-refractivity contribution < 1.29 is 0 Å². The van der Waals surface area contributed by atoms with Crippen LogP contribution in [0.25, 0.3) is 55.1 Å². The van der Waals surface area contributed by atoms with Gasteiger partial charge in [-0.15, -0.1) is 0 Å². The average Bonchev–Trinajstić information content (AvgIpc) is 3.25. The smallest absolute Gasteiger partial charge is 0.101 e. The molecule has 0 bridgehead atoms. The van der Waals surface area contributed by atoms with E-state index in [1.54, 1.807) is 0 Å². The number of fused-ring (bicyclic) bond motifs is 4. The fourth-order valence-electron chi connectivity index (χ4n) is 4.65. The third kappa shape index (κ3) is 3.43. The van der Waals surface area contributed by atoms with Gasteiger partial charge in [-0.05, 0) is 49.2 Å². The lowest BCUT2D eigenvalue weighted by atomic mass is 9.86. The number of nitrogens with zero attached hydrogens (tertiary/aromatic N) is 5. The molecular formula is C30H23N5. The standard InChI is InChI=1S/C30H23N5/c1-30(2,18-31)23-11-8-19(9-12-23)29-28-24-15-20(10-13-26(24)33-17-27(28)35(3)34-29)22-14-21-6-4-5-7-25(21)32-16-22/h4-17H,1-3H3. The molecule has 0 radical (unpaired) electrons. The van der Waals surface area contributed by atoms with Crippen molar-refractivity contribution in [3.63, 3.8) is 0 Å². The molecule has 0 atom stereocenters. The summed E-state index contributed by atoms with van der Waals surface area (Å²) in [6.45, 7) is 3.86. The Kier molecular flexibility index (Phi) is 4.65. The molecule has 0 fully saturated rings. The molecule has 0 saturated carbocycles. The minimum absolute atomic E-state index is 0.538. The van der Waals surface area contributed by atoms with Gasteiger partial charge in [0.1, 0.15) is 5.69 Å². The molecule has 0 saturated heterocycles. The maximum Gasteiger partial charge on any atom is 0.101 e. The van der Waals surface area contributed by atoms with Crippen LogP contribution in [0.4, 0.5) is 0 Å². The molecule has 3 aromatic heterocycles. The molecule has 3 heterocycles. The summed E-state index contributed by atoms with van der Waals surface area (Å²) in [5, 5.41) is 17.6. The number of aryl methyl sites for hydroxylation is 1. The van der Waals surface area contributed by atoms with Crippen LogP contribution in [-0.2, 0) is 12.5 Å². The van der Waals surface area contributed by atoms with Gasteiger partial charge >= 0.3 is 0 Å². The second-order valence-corrected chi connectivity index (χ2v) is 9.45. The monoisotopic (exact) mass is 453 g/mol. The SMILES string of the molecule is Cn1nc(-c2ccc(C(C)(C)C#N)cc2)c2c3cc(-c4cnc5ccccc5c4)ccc3ncc21. The van der Waals surface area contributed by atoms with Gasteiger partial charge in [0.15, 0.2) is 0 Å². The van der Waals surface area contributed by atoms with Gasteiger partial charge in [-0.2, -0.15) is 10.4 Å². The van der Waals surface area contributed by atoms with E-state index in [1.807, 2.05) is 68.3 Å². The topological polar surface area (TPSA) is 67.4 Å². The molecule has 0 aliphatic carbocycles. The van der Waals surface area contributed by atoms with E-state index in [1.165, 1.54) is 0 Å². The van der Waals surface area contributed by atoms with E-state index in [-0.39, 0.29) is 0 Å². The molecule has 0 spiro atoms. The van der Waals surface area contributed by atoms with Gasteiger partial charge in [-0.1, -0.05) is 48.5 Å². The van der Waals surface area contributed by atoms with Gasteiger partial charge < -0.3 is 0 Å². The quantitative estimate of drug-likeness (QED) is 0.295. The van der Waals surface area contributed by atoms with Crippen molar-refractivity contribution in [3.8, 4) is 28.5 Å². The Morgan fingerprint density at radius 3 is 2.34 bits per heavy atom. The first-order valence-corrected chi connectivity index (χ1v) is 11.6. The predicted molar refractivity (Wildman–Crippen MR) is 141 cm³/mol. The molecule has 6 aromatic rings. The van der Waals surface area contributed by atoms with Crippen LogP contribution >= 0.6 is 0 Å². The Labute approximate surface area is 203 Å². The predicted octanol–water partition coefficient (Wildman–Crippen LogP) is 6.80. The number of nitriles is 1. The van der Waals surface area contributed by atoms with E-state index in [4.69, 9.17) is 10.1 Å². The zero-order valence-corrected chi connectivity index (χ0v) is 19.8. The highest BCUT2D eigenvalue weighted by molar-refractivity contribution is 6.12. The maximum absolute atomic E-state index is 9.50. The molecule has 0 amide bonds. The molecular weight excluding hydrogens is 430 g/mol. The number of hydrogen-bond donors (Lipinski definition) is 0. The lowest BCUT2D eigenvalue weighted by molar-refractivity contribution is 0.687. The van der Waals surface area contributed by atoms with Crippen molar-refractivity contribution in [1.29, 1.82) is 5.26 Å². The zero-order chi connectivity index (χ0) is 24.2. The maximum atomic E-state index is 9.50. The van der Waals surface area contributed by atoms with E-state index in [2.05, 4.69) is 53.5 Å². The second kappa shape index (κ2) is 7.75. The number of rotatable bonds is 3. The Morgan fingerprint density at radius 2 is 1.54 bits per heavy atom. The van der Waals surface area contributed by atoms with Crippen LogP contribution < -0.4 is 0 Å². The van der Waals surface area contributed by atoms with Crippen molar-refractivity contribution in [2.75, 3.05) is 0 Å². The molecule has 35 heavy (non-hydrogen) atoms. The number of pyridine rings is 2. The van der Waals surface area contributed by atoms with Gasteiger partial charge in [0, 0.05) is 40.5 Å². The minimum Gasteiger partial charge on any atom is -0.266 e. The largest absolute Gasteiger partial charge is 0.266 e. The van der Waals surface area contributed by atoms with E-state index in [9.17, 15) is 5.26 Å². The van der Waals surface area contributed by atoms with Crippen LogP contribution in [0.15, 0.2) is 85.2 Å². The van der Waals surface area contributed by atoms with Crippen molar-refractivity contribution in [1.82, 2.24) is 19.7 Å². The van der Waals surface area contributed by atoms with Crippen LogP contribution in [0, 0.1) is 11.3 Å². The van der Waals surface area contributed by atoms with Crippen LogP contribution in [0.3, 0.4) is 0 Å². The second-order valence-electron chi connectivity index (χ2n) is 9.45. The Bertz CT molecular complexity index is 1790. The van der Waals surface area contributed by atoms with Crippen LogP contribution in [0.2, 0.25) is 0 Å². The van der Waals surface area contributed by atoms with E-state index < -0.39 is 5.41 Å². The summed E-state index contributed by atoms with van der Waals surface area (Å²) in [7, 11) is 1.95. The van der Waals surface area contributed by atoms with Crippen LogP contribution in [0.1, 0.15) is 19.4 Å². The molecule has 0 aliphatic heterocycles. The molecule has 0 N–H and O–H groups in total. The molecule has 5 nitrogen and oxygen atoms in total. The Hall–Kier alpha value is -4.56. The first kappa shape index (κ1) is 21.0. The highest BCUT2D eigenvalue weighted by Gasteiger charge is 2.21. The fraction of sp³-hybridized carbons (Fsp3) is 0.133. The van der Waals surface area contributed by atoms with Crippen LogP contribution in [-0.4, -0.2) is 19.7 Å². The van der Waals surface area contributed by atoms with Gasteiger partial charge in [-0.25, -0.2) is 0 Å². The number of hydrogen-bond acceptors (Lipinski definition) is 4. The van der Waals surface area contributed by atoms with E-state index in [0.717, 1.165) is 60.7 Å². The minimum atomic E-state index is -0.538. The van der Waals surface area contributed by atoms with E-state index >= 15 is 0 Å². The Balaban J connectivity index is 1.55. The van der Waals surface area contributed by atoms with Gasteiger partial charge in [0.2, 0.25) is 0 Å². The molecule has 5 heteroatoms. The van der Waals surface area contributed by atoms with E-state index in [0.29, 0.717) is 0 Å². The molecule has 3 aromatic carbocycles. The normalized spacial score (nSPS) is 11.8. The first-order chi connectivity index (χ1) is 16.9.